The Morgan fingerprint density at radius 3 is 1.53 bits per heavy atom. The van der Waals surface area contributed by atoms with Gasteiger partial charge in [-0.1, -0.05) is 97.1 Å². The van der Waals surface area contributed by atoms with Crippen molar-refractivity contribution in [2.24, 2.45) is 0 Å². The highest BCUT2D eigenvalue weighted by atomic mass is 32.1. The SMILES string of the molecule is c1ccc(N(c2ccccc2)c2cccc(N(c3ccc4c(c3)oc3ccc(-c5ccc6c(c5)sc5ccccc56)cc34)c3ccc4sc5ccccc5c4c3)c2)cc1. The average molecular weight is 791 g/mol. The molecule has 0 bridgehead atoms. The molecule has 0 fully saturated rings. The number of para-hydroxylation sites is 2. The van der Waals surface area contributed by atoms with E-state index in [9.17, 15) is 0 Å². The first kappa shape index (κ1) is 33.9. The van der Waals surface area contributed by atoms with E-state index in [1.165, 1.54) is 51.5 Å². The quantitative estimate of drug-likeness (QED) is 0.160. The highest BCUT2D eigenvalue weighted by molar-refractivity contribution is 7.26. The second-order valence-corrected chi connectivity index (χ2v) is 17.1. The summed E-state index contributed by atoms with van der Waals surface area (Å²) in [5.74, 6) is 0. The molecule has 3 heterocycles. The lowest BCUT2D eigenvalue weighted by Crippen LogP contribution is -2.13. The van der Waals surface area contributed by atoms with Gasteiger partial charge in [0.2, 0.25) is 0 Å². The molecule has 12 aromatic rings. The third-order valence-electron chi connectivity index (χ3n) is 11.4. The second kappa shape index (κ2) is 13.7. The van der Waals surface area contributed by atoms with Gasteiger partial charge in [-0.2, -0.15) is 0 Å². The number of anilines is 6. The number of fused-ring (bicyclic) bond motifs is 9. The first-order valence-electron chi connectivity index (χ1n) is 19.8. The Kier molecular flexibility index (Phi) is 7.90. The third kappa shape index (κ3) is 5.78. The van der Waals surface area contributed by atoms with Gasteiger partial charge >= 0.3 is 0 Å². The van der Waals surface area contributed by atoms with Crippen molar-refractivity contribution in [3.05, 3.63) is 206 Å². The second-order valence-electron chi connectivity index (χ2n) is 14.9. The fraction of sp³-hybridized carbons (Fsp3) is 0. The molecule has 59 heavy (non-hydrogen) atoms. The summed E-state index contributed by atoms with van der Waals surface area (Å²) in [6.07, 6.45) is 0. The maximum atomic E-state index is 6.68. The molecule has 0 saturated carbocycles. The lowest BCUT2D eigenvalue weighted by molar-refractivity contribution is 0.669. The molecule has 0 amide bonds. The van der Waals surface area contributed by atoms with Gasteiger partial charge in [-0.25, -0.2) is 0 Å². The summed E-state index contributed by atoms with van der Waals surface area (Å²) in [5.41, 5.74) is 10.5. The van der Waals surface area contributed by atoms with Gasteiger partial charge in [-0.3, -0.25) is 0 Å². The number of hydrogen-bond donors (Lipinski definition) is 0. The fourth-order valence-electron chi connectivity index (χ4n) is 8.66. The van der Waals surface area contributed by atoms with Crippen molar-refractivity contribution in [3.8, 4) is 11.1 Å². The van der Waals surface area contributed by atoms with Crippen LogP contribution in [0.25, 0.3) is 73.4 Å². The lowest BCUT2D eigenvalue weighted by atomic mass is 10.0. The Balaban J connectivity index is 1.00. The highest BCUT2D eigenvalue weighted by Gasteiger charge is 2.20. The largest absolute Gasteiger partial charge is 0.456 e. The molecule has 0 spiro atoms. The minimum absolute atomic E-state index is 0.855. The van der Waals surface area contributed by atoms with Crippen LogP contribution in [0.2, 0.25) is 0 Å². The molecular formula is C54H34N2OS2. The highest BCUT2D eigenvalue weighted by Crippen LogP contribution is 2.45. The Morgan fingerprint density at radius 2 is 0.780 bits per heavy atom. The molecule has 9 aromatic carbocycles. The predicted molar refractivity (Wildman–Crippen MR) is 254 cm³/mol. The number of rotatable bonds is 7. The van der Waals surface area contributed by atoms with Crippen molar-refractivity contribution >= 4 is 119 Å². The van der Waals surface area contributed by atoms with E-state index >= 15 is 0 Å². The molecule has 0 aliphatic carbocycles. The van der Waals surface area contributed by atoms with Crippen LogP contribution in [0.1, 0.15) is 0 Å². The van der Waals surface area contributed by atoms with Crippen molar-refractivity contribution in [1.82, 2.24) is 0 Å². The van der Waals surface area contributed by atoms with Crippen molar-refractivity contribution < 1.29 is 4.42 Å². The minimum Gasteiger partial charge on any atom is -0.456 e. The Labute approximate surface area is 348 Å². The summed E-state index contributed by atoms with van der Waals surface area (Å²) < 4.78 is 11.9. The van der Waals surface area contributed by atoms with Crippen molar-refractivity contribution in [3.63, 3.8) is 0 Å². The van der Waals surface area contributed by atoms with Gasteiger partial charge in [0.25, 0.3) is 0 Å². The maximum absolute atomic E-state index is 6.68. The normalized spacial score (nSPS) is 11.7. The molecule has 0 aliphatic heterocycles. The van der Waals surface area contributed by atoms with E-state index in [0.717, 1.165) is 56.1 Å². The molecule has 3 nitrogen and oxygen atoms in total. The number of nitrogens with zero attached hydrogens (tertiary/aromatic N) is 2. The van der Waals surface area contributed by atoms with Gasteiger partial charge in [0.15, 0.2) is 0 Å². The number of furan rings is 1. The van der Waals surface area contributed by atoms with E-state index in [-0.39, 0.29) is 0 Å². The zero-order valence-electron chi connectivity index (χ0n) is 31.7. The standard InChI is InChI=1S/C54H34N2OS2/c1-3-12-37(13-4-1)55(38-14-5-2-6-15-38)39-16-11-17-40(32-39)56(41-25-29-53-48(33-41)45-19-8-10-21-52(45)58-53)42-24-27-43-47-30-35(23-28-49(47)57-50(43)34-42)36-22-26-46-44-18-7-9-20-51(44)59-54(46)31-36/h1-34H. The summed E-state index contributed by atoms with van der Waals surface area (Å²) in [7, 11) is 0. The zero-order chi connectivity index (χ0) is 38.9. The average Bonchev–Trinajstić information content (AvgIpc) is 3.98. The molecule has 0 atom stereocenters. The van der Waals surface area contributed by atoms with Gasteiger partial charge in [-0.15, -0.1) is 22.7 Å². The molecule has 0 saturated heterocycles. The summed E-state index contributed by atoms with van der Waals surface area (Å²) in [5, 5.41) is 7.37. The first-order chi connectivity index (χ1) is 29.2. The van der Waals surface area contributed by atoms with E-state index in [2.05, 4.69) is 216 Å². The van der Waals surface area contributed by atoms with Gasteiger partial charge < -0.3 is 14.2 Å². The Bertz CT molecular complexity index is 3490. The summed E-state index contributed by atoms with van der Waals surface area (Å²) >= 11 is 3.70. The van der Waals surface area contributed by atoms with Crippen LogP contribution >= 0.6 is 22.7 Å². The molecule has 0 unspecified atom stereocenters. The van der Waals surface area contributed by atoms with Crippen molar-refractivity contribution in [1.29, 1.82) is 0 Å². The summed E-state index contributed by atoms with van der Waals surface area (Å²) in [4.78, 5) is 4.68. The van der Waals surface area contributed by atoms with Crippen LogP contribution in [0.3, 0.4) is 0 Å². The smallest absolute Gasteiger partial charge is 0.137 e. The van der Waals surface area contributed by atoms with Crippen LogP contribution in [0.5, 0.6) is 0 Å². The molecule has 12 rings (SSSR count). The summed E-state index contributed by atoms with van der Waals surface area (Å²) in [6.45, 7) is 0. The van der Waals surface area contributed by atoms with Gasteiger partial charge in [0.1, 0.15) is 11.2 Å². The molecule has 3 aromatic heterocycles. The van der Waals surface area contributed by atoms with E-state index in [1.807, 2.05) is 22.7 Å². The molecular weight excluding hydrogens is 757 g/mol. The third-order valence-corrected chi connectivity index (χ3v) is 13.7. The molecule has 0 radical (unpaired) electrons. The van der Waals surface area contributed by atoms with Gasteiger partial charge in [0.05, 0.1) is 0 Å². The van der Waals surface area contributed by atoms with Crippen LogP contribution in [-0.2, 0) is 0 Å². The van der Waals surface area contributed by atoms with E-state index < -0.39 is 0 Å². The Morgan fingerprint density at radius 1 is 0.271 bits per heavy atom. The maximum Gasteiger partial charge on any atom is 0.137 e. The number of hydrogen-bond acceptors (Lipinski definition) is 5. The van der Waals surface area contributed by atoms with E-state index in [1.54, 1.807) is 0 Å². The van der Waals surface area contributed by atoms with E-state index in [4.69, 9.17) is 4.42 Å². The van der Waals surface area contributed by atoms with Crippen LogP contribution < -0.4 is 9.80 Å². The zero-order valence-corrected chi connectivity index (χ0v) is 33.4. The molecule has 0 N–H and O–H groups in total. The monoisotopic (exact) mass is 790 g/mol. The topological polar surface area (TPSA) is 19.6 Å². The molecule has 5 heteroatoms. The van der Waals surface area contributed by atoms with E-state index in [0.29, 0.717) is 0 Å². The van der Waals surface area contributed by atoms with Gasteiger partial charge in [-0.05, 0) is 114 Å². The number of benzene rings is 9. The van der Waals surface area contributed by atoms with Gasteiger partial charge in [0, 0.05) is 91.3 Å². The molecule has 0 aliphatic rings. The summed E-state index contributed by atoms with van der Waals surface area (Å²) in [6, 6.07) is 74.3. The predicted octanol–water partition coefficient (Wildman–Crippen LogP) is 16.9. The lowest BCUT2D eigenvalue weighted by Gasteiger charge is -2.29. The van der Waals surface area contributed by atoms with Crippen molar-refractivity contribution in [2.45, 2.75) is 0 Å². The molecule has 278 valence electrons. The van der Waals surface area contributed by atoms with Crippen molar-refractivity contribution in [2.75, 3.05) is 9.80 Å². The van der Waals surface area contributed by atoms with Crippen LogP contribution in [0.15, 0.2) is 211 Å². The van der Waals surface area contributed by atoms with Crippen LogP contribution in [0, 0.1) is 0 Å². The first-order valence-corrected chi connectivity index (χ1v) is 21.4. The minimum atomic E-state index is 0.855. The van der Waals surface area contributed by atoms with Crippen LogP contribution in [0.4, 0.5) is 34.1 Å². The Hall–Kier alpha value is -7.18. The fourth-order valence-corrected chi connectivity index (χ4v) is 10.9. The van der Waals surface area contributed by atoms with Crippen LogP contribution in [-0.4, -0.2) is 0 Å². The number of thiophene rings is 2.